The molecule has 2 radical (unpaired) electrons. The van der Waals surface area contributed by atoms with Crippen molar-refractivity contribution >= 4 is 74.8 Å². The first-order chi connectivity index (χ1) is 22.3. The number of aryl methyl sites for hydroxylation is 2. The molecule has 0 atom stereocenters. The van der Waals surface area contributed by atoms with E-state index in [1.54, 1.807) is 0 Å². The van der Waals surface area contributed by atoms with Crippen LogP contribution >= 0.6 is 24.8 Å². The third kappa shape index (κ3) is 8.60. The number of benzene rings is 6. The molecule has 50 heavy (non-hydrogen) atoms. The van der Waals surface area contributed by atoms with E-state index in [2.05, 4.69) is 181 Å². The molecular formula is C46H46Cl2SiZr-4. The van der Waals surface area contributed by atoms with E-state index >= 15 is 0 Å². The van der Waals surface area contributed by atoms with Gasteiger partial charge in [0.15, 0.2) is 0 Å². The zero-order valence-corrected chi connectivity index (χ0v) is 35.2. The summed E-state index contributed by atoms with van der Waals surface area (Å²) in [6, 6.07) is 50.8. The molecule has 0 aliphatic heterocycles. The van der Waals surface area contributed by atoms with Crippen LogP contribution in [0.5, 0.6) is 0 Å². The van der Waals surface area contributed by atoms with Crippen LogP contribution in [0.25, 0.3) is 65.3 Å². The second-order valence-electron chi connectivity index (χ2n) is 13.1. The summed E-state index contributed by atoms with van der Waals surface area (Å²) in [5, 5.41) is 10.7. The van der Waals surface area contributed by atoms with Gasteiger partial charge in [0.1, 0.15) is 0 Å². The van der Waals surface area contributed by atoms with Gasteiger partial charge in [0.25, 0.3) is 0 Å². The topological polar surface area (TPSA) is 0 Å². The zero-order valence-electron chi connectivity index (χ0n) is 30.1. The first-order valence-electron chi connectivity index (χ1n) is 15.9. The van der Waals surface area contributed by atoms with E-state index in [0.717, 1.165) is 0 Å². The first-order valence-corrected chi connectivity index (χ1v) is 20.0. The molecule has 0 bridgehead atoms. The summed E-state index contributed by atoms with van der Waals surface area (Å²) >= 11 is 1.36. The molecule has 4 heteroatoms. The Hall–Kier alpha value is -3.26. The van der Waals surface area contributed by atoms with Crippen LogP contribution in [0, 0.1) is 28.7 Å². The number of hydrogen-bond acceptors (Lipinski definition) is 0. The van der Waals surface area contributed by atoms with Crippen molar-refractivity contribution in [2.24, 2.45) is 0 Å². The Morgan fingerprint density at radius 1 is 0.500 bits per heavy atom. The minimum absolute atomic E-state index is 0. The molecule has 0 saturated carbocycles. The normalized spacial score (nSPS) is 10.4. The standard InChI is InChI=1S/C23H21.C21H17.2CH3.2ClH.Si.Zr/c1-23(2,3)18-14-17-10-7-13-21(22(17)15-18)20-12-6-9-16-8-4-5-11-19(16)20;1-14-12-20-15(2)10-11-19(21(20)13-14)18-9-5-7-16-6-3-4-8-17(16)18;;;;;;/h4-15H,1-3H3;3-13H,1-2H3;2*1H3;2*1H;;/q4*-1;;;;. The molecule has 0 aromatic heterocycles. The fourth-order valence-electron chi connectivity index (χ4n) is 6.65. The van der Waals surface area contributed by atoms with E-state index in [4.69, 9.17) is 0 Å². The monoisotopic (exact) mass is 786 g/mol. The third-order valence-electron chi connectivity index (χ3n) is 9.03. The molecule has 0 aliphatic carbocycles. The van der Waals surface area contributed by atoms with Crippen LogP contribution in [0.15, 0.2) is 140 Å². The Bertz CT molecular complexity index is 2310. The Morgan fingerprint density at radius 3 is 1.50 bits per heavy atom. The second-order valence-corrected chi connectivity index (χ2v) is 13.1. The molecule has 0 N–H and O–H groups in total. The van der Waals surface area contributed by atoms with Gasteiger partial charge in [-0.05, 0) is 38.1 Å². The molecule has 0 unspecified atom stereocenters. The van der Waals surface area contributed by atoms with Gasteiger partial charge in [-0.25, -0.2) is 0 Å². The molecule has 0 fully saturated rings. The van der Waals surface area contributed by atoms with E-state index in [1.807, 2.05) is 0 Å². The quantitative estimate of drug-likeness (QED) is 0.121. The maximum atomic E-state index is 3.06. The molecule has 0 heterocycles. The van der Waals surface area contributed by atoms with Crippen molar-refractivity contribution in [2.45, 2.75) is 40.0 Å². The van der Waals surface area contributed by atoms with Crippen molar-refractivity contribution in [1.29, 1.82) is 0 Å². The molecule has 0 spiro atoms. The molecule has 0 aliphatic rings. The van der Waals surface area contributed by atoms with Crippen molar-refractivity contribution in [3.63, 3.8) is 0 Å². The van der Waals surface area contributed by atoms with Crippen molar-refractivity contribution < 1.29 is 23.3 Å². The van der Waals surface area contributed by atoms with Crippen molar-refractivity contribution in [2.75, 3.05) is 0 Å². The summed E-state index contributed by atoms with van der Waals surface area (Å²) in [5.74, 6) is 0. The van der Waals surface area contributed by atoms with Crippen molar-refractivity contribution in [3.05, 3.63) is 171 Å². The van der Waals surface area contributed by atoms with Gasteiger partial charge in [-0.2, -0.15) is 12.1 Å². The SMILES string of the molecule is CC(C)(C)c1cc2c(-c3cccc4ccccc34)cccc2[cH-]1.Cc1cc2c(-c3cccc4ccccc34)ccc(C)c2[cH-]1.Cl.Cl.[CH3-].[CH3-].[Si]=[Zr]. The summed E-state index contributed by atoms with van der Waals surface area (Å²) < 4.78 is 0. The van der Waals surface area contributed by atoms with Crippen LogP contribution in [0.4, 0.5) is 0 Å². The van der Waals surface area contributed by atoms with E-state index in [0.29, 0.717) is 0 Å². The summed E-state index contributed by atoms with van der Waals surface area (Å²) in [6.07, 6.45) is 0. The number of fused-ring (bicyclic) bond motifs is 4. The van der Waals surface area contributed by atoms with E-state index in [1.165, 1.54) is 105 Å². The van der Waals surface area contributed by atoms with Gasteiger partial charge in [0.2, 0.25) is 0 Å². The van der Waals surface area contributed by atoms with Gasteiger partial charge >= 0.3 is 30.2 Å². The predicted octanol–water partition coefficient (Wildman–Crippen LogP) is 14.0. The van der Waals surface area contributed by atoms with Gasteiger partial charge in [-0.15, -0.1) is 93.4 Å². The van der Waals surface area contributed by atoms with Gasteiger partial charge in [0, 0.05) is 0 Å². The van der Waals surface area contributed by atoms with Crippen LogP contribution in [-0.2, 0) is 28.8 Å². The maximum absolute atomic E-state index is 3.06. The molecule has 256 valence electrons. The first kappa shape index (κ1) is 42.9. The summed E-state index contributed by atoms with van der Waals surface area (Å²) in [4.78, 5) is 0. The Kier molecular flexibility index (Phi) is 15.7. The second kappa shape index (κ2) is 18.3. The Labute approximate surface area is 329 Å². The van der Waals surface area contributed by atoms with E-state index in [-0.39, 0.29) is 45.1 Å². The van der Waals surface area contributed by atoms with Gasteiger partial charge in [-0.1, -0.05) is 143 Å². The summed E-state index contributed by atoms with van der Waals surface area (Å²) in [7, 11) is 0. The fourth-order valence-corrected chi connectivity index (χ4v) is 6.65. The molecule has 8 rings (SSSR count). The van der Waals surface area contributed by atoms with Crippen molar-refractivity contribution in [3.8, 4) is 22.3 Å². The molecule has 0 amide bonds. The third-order valence-corrected chi connectivity index (χ3v) is 9.03. The Balaban J connectivity index is 0.000000308. The average Bonchev–Trinajstić information content (AvgIpc) is 3.71. The molecule has 8 aromatic carbocycles. The van der Waals surface area contributed by atoms with Gasteiger partial charge in [0.05, 0.1) is 0 Å². The van der Waals surface area contributed by atoms with Crippen LogP contribution in [0.1, 0.15) is 37.5 Å². The summed E-state index contributed by atoms with van der Waals surface area (Å²) in [6.45, 7) is 14.3. The van der Waals surface area contributed by atoms with Crippen LogP contribution < -0.4 is 0 Å². The predicted molar refractivity (Wildman–Crippen MR) is 226 cm³/mol. The minimum atomic E-state index is 0. The number of hydrogen-bond donors (Lipinski definition) is 0. The number of rotatable bonds is 2. The Morgan fingerprint density at radius 2 is 0.960 bits per heavy atom. The van der Waals surface area contributed by atoms with Crippen LogP contribution in [-0.4, -0.2) is 6.88 Å². The van der Waals surface area contributed by atoms with E-state index in [9.17, 15) is 0 Å². The van der Waals surface area contributed by atoms with E-state index < -0.39 is 0 Å². The molecular weight excluding hydrogens is 743 g/mol. The molecule has 0 nitrogen and oxygen atoms in total. The summed E-state index contributed by atoms with van der Waals surface area (Å²) in [5.41, 5.74) is 9.57. The fraction of sp³-hybridized carbons (Fsp3) is 0.130. The van der Waals surface area contributed by atoms with Crippen LogP contribution in [0.2, 0.25) is 0 Å². The average molecular weight is 789 g/mol. The molecule has 8 aromatic rings. The van der Waals surface area contributed by atoms with Gasteiger partial charge in [-0.3, -0.25) is 0 Å². The zero-order chi connectivity index (χ0) is 32.4. The van der Waals surface area contributed by atoms with Crippen molar-refractivity contribution in [1.82, 2.24) is 0 Å². The van der Waals surface area contributed by atoms with Gasteiger partial charge < -0.3 is 14.9 Å². The number of halogens is 2. The van der Waals surface area contributed by atoms with Crippen LogP contribution in [0.3, 0.4) is 0 Å². The molecule has 0 saturated heterocycles.